The number of hydrogen-bond acceptors (Lipinski definition) is 2. The summed E-state index contributed by atoms with van der Waals surface area (Å²) < 4.78 is 0. The van der Waals surface area contributed by atoms with Crippen LogP contribution in [0, 0.1) is 5.92 Å². The van der Waals surface area contributed by atoms with Gasteiger partial charge in [-0.1, -0.05) is 6.42 Å². The van der Waals surface area contributed by atoms with E-state index in [4.69, 9.17) is 0 Å². The second kappa shape index (κ2) is 5.26. The molecule has 1 N–H and O–H groups in total. The van der Waals surface area contributed by atoms with Gasteiger partial charge in [0.1, 0.15) is 0 Å². The molecule has 2 fully saturated rings. The molecule has 76 valence electrons. The van der Waals surface area contributed by atoms with E-state index >= 15 is 0 Å². The standard InChI is InChI=1S/C11H21NS/c1(2-7-12-11-4-5-11)3-10-6-8-13-9-10/h10-12H,1-9H2. The molecular weight excluding hydrogens is 178 g/mol. The van der Waals surface area contributed by atoms with Crippen LogP contribution in [0.4, 0.5) is 0 Å². The van der Waals surface area contributed by atoms with E-state index in [2.05, 4.69) is 17.1 Å². The zero-order valence-electron chi connectivity index (χ0n) is 8.43. The van der Waals surface area contributed by atoms with Gasteiger partial charge < -0.3 is 5.32 Å². The van der Waals surface area contributed by atoms with Crippen molar-refractivity contribution >= 4 is 11.8 Å². The zero-order chi connectivity index (χ0) is 8.93. The molecule has 1 nitrogen and oxygen atoms in total. The van der Waals surface area contributed by atoms with Gasteiger partial charge in [-0.15, -0.1) is 0 Å². The lowest BCUT2D eigenvalue weighted by molar-refractivity contribution is 0.496. The molecule has 0 spiro atoms. The average Bonchev–Trinajstić information content (AvgIpc) is 2.81. The first kappa shape index (κ1) is 9.85. The highest BCUT2D eigenvalue weighted by molar-refractivity contribution is 7.99. The quantitative estimate of drug-likeness (QED) is 0.660. The molecule has 2 heteroatoms. The van der Waals surface area contributed by atoms with E-state index in [1.807, 2.05) is 0 Å². The number of rotatable bonds is 6. The van der Waals surface area contributed by atoms with Crippen LogP contribution in [0.15, 0.2) is 0 Å². The fourth-order valence-electron chi connectivity index (χ4n) is 1.96. The molecule has 1 aliphatic carbocycles. The Bertz CT molecular complexity index is 139. The van der Waals surface area contributed by atoms with Gasteiger partial charge in [0.15, 0.2) is 0 Å². The van der Waals surface area contributed by atoms with Gasteiger partial charge in [0.25, 0.3) is 0 Å². The van der Waals surface area contributed by atoms with Crippen LogP contribution in [-0.4, -0.2) is 24.1 Å². The summed E-state index contributed by atoms with van der Waals surface area (Å²) in [6, 6.07) is 0.905. The normalized spacial score (nSPS) is 28.2. The zero-order valence-corrected chi connectivity index (χ0v) is 9.24. The van der Waals surface area contributed by atoms with Crippen molar-refractivity contribution in [1.29, 1.82) is 0 Å². The van der Waals surface area contributed by atoms with Crippen LogP contribution in [0.5, 0.6) is 0 Å². The first-order valence-corrected chi connectivity index (χ1v) is 6.92. The lowest BCUT2D eigenvalue weighted by atomic mass is 10.0. The van der Waals surface area contributed by atoms with Gasteiger partial charge in [0.2, 0.25) is 0 Å². The maximum absolute atomic E-state index is 3.58. The monoisotopic (exact) mass is 199 g/mol. The Kier molecular flexibility index (Phi) is 3.98. The lowest BCUT2D eigenvalue weighted by Gasteiger charge is -2.07. The SMILES string of the molecule is C(CCC1CCSC1)CNC1CC1. The summed E-state index contributed by atoms with van der Waals surface area (Å²) in [7, 11) is 0. The third-order valence-electron chi connectivity index (χ3n) is 3.07. The van der Waals surface area contributed by atoms with Crippen LogP contribution >= 0.6 is 11.8 Å². The fraction of sp³-hybridized carbons (Fsp3) is 1.00. The number of nitrogens with one attached hydrogen (secondary N) is 1. The summed E-state index contributed by atoms with van der Waals surface area (Å²) in [5, 5.41) is 3.58. The average molecular weight is 199 g/mol. The Hall–Kier alpha value is 0.310. The molecule has 13 heavy (non-hydrogen) atoms. The largest absolute Gasteiger partial charge is 0.314 e. The van der Waals surface area contributed by atoms with E-state index in [1.165, 1.54) is 56.6 Å². The van der Waals surface area contributed by atoms with Gasteiger partial charge in [-0.3, -0.25) is 0 Å². The van der Waals surface area contributed by atoms with Crippen molar-refractivity contribution in [2.45, 2.75) is 44.6 Å². The minimum absolute atomic E-state index is 0.905. The maximum Gasteiger partial charge on any atom is 0.00682 e. The Morgan fingerprint density at radius 3 is 2.77 bits per heavy atom. The molecule has 1 saturated carbocycles. The third-order valence-corrected chi connectivity index (χ3v) is 4.30. The van der Waals surface area contributed by atoms with Crippen molar-refractivity contribution in [2.75, 3.05) is 18.1 Å². The Labute approximate surface area is 86.0 Å². The van der Waals surface area contributed by atoms with Crippen molar-refractivity contribution in [2.24, 2.45) is 5.92 Å². The predicted molar refractivity (Wildman–Crippen MR) is 60.3 cm³/mol. The van der Waals surface area contributed by atoms with Crippen molar-refractivity contribution < 1.29 is 0 Å². The first-order chi connectivity index (χ1) is 6.45. The highest BCUT2D eigenvalue weighted by atomic mass is 32.2. The summed E-state index contributed by atoms with van der Waals surface area (Å²) >= 11 is 2.15. The minimum atomic E-state index is 0.905. The summed E-state index contributed by atoms with van der Waals surface area (Å²) in [4.78, 5) is 0. The number of hydrogen-bond donors (Lipinski definition) is 1. The van der Waals surface area contributed by atoms with E-state index < -0.39 is 0 Å². The van der Waals surface area contributed by atoms with Crippen LogP contribution < -0.4 is 5.32 Å². The van der Waals surface area contributed by atoms with Crippen LogP contribution in [0.25, 0.3) is 0 Å². The van der Waals surface area contributed by atoms with Crippen molar-refractivity contribution in [3.8, 4) is 0 Å². The molecule has 0 aromatic heterocycles. The fourth-order valence-corrected chi connectivity index (χ4v) is 3.30. The van der Waals surface area contributed by atoms with Gasteiger partial charge in [-0.05, 0) is 56.1 Å². The molecule has 0 bridgehead atoms. The Morgan fingerprint density at radius 2 is 2.08 bits per heavy atom. The van der Waals surface area contributed by atoms with Crippen molar-refractivity contribution in [3.63, 3.8) is 0 Å². The molecule has 1 atom stereocenters. The van der Waals surface area contributed by atoms with Gasteiger partial charge in [-0.2, -0.15) is 11.8 Å². The summed E-state index contributed by atoms with van der Waals surface area (Å²) in [5.74, 6) is 3.92. The summed E-state index contributed by atoms with van der Waals surface area (Å²) in [6.45, 7) is 1.27. The van der Waals surface area contributed by atoms with E-state index in [0.717, 1.165) is 12.0 Å². The van der Waals surface area contributed by atoms with Crippen molar-refractivity contribution in [1.82, 2.24) is 5.32 Å². The lowest BCUT2D eigenvalue weighted by Crippen LogP contribution is -2.17. The second-order valence-corrected chi connectivity index (χ2v) is 5.60. The van der Waals surface area contributed by atoms with Gasteiger partial charge in [-0.25, -0.2) is 0 Å². The molecule has 0 amide bonds. The second-order valence-electron chi connectivity index (χ2n) is 4.45. The molecule has 2 rings (SSSR count). The van der Waals surface area contributed by atoms with Gasteiger partial charge in [0.05, 0.1) is 0 Å². The Morgan fingerprint density at radius 1 is 1.15 bits per heavy atom. The van der Waals surface area contributed by atoms with Gasteiger partial charge >= 0.3 is 0 Å². The van der Waals surface area contributed by atoms with Crippen molar-refractivity contribution in [3.05, 3.63) is 0 Å². The molecule has 2 aliphatic rings. The first-order valence-electron chi connectivity index (χ1n) is 5.76. The summed E-state index contributed by atoms with van der Waals surface area (Å²) in [6.07, 6.45) is 8.68. The summed E-state index contributed by atoms with van der Waals surface area (Å²) in [5.41, 5.74) is 0. The smallest absolute Gasteiger partial charge is 0.00682 e. The number of thioether (sulfide) groups is 1. The molecule has 0 radical (unpaired) electrons. The van der Waals surface area contributed by atoms with E-state index in [0.29, 0.717) is 0 Å². The molecule has 1 saturated heterocycles. The minimum Gasteiger partial charge on any atom is -0.314 e. The van der Waals surface area contributed by atoms with Crippen LogP contribution in [0.3, 0.4) is 0 Å². The molecule has 1 heterocycles. The molecule has 0 aromatic carbocycles. The van der Waals surface area contributed by atoms with E-state index in [-0.39, 0.29) is 0 Å². The van der Waals surface area contributed by atoms with Crippen LogP contribution in [-0.2, 0) is 0 Å². The maximum atomic E-state index is 3.58. The van der Waals surface area contributed by atoms with Crippen LogP contribution in [0.1, 0.15) is 38.5 Å². The Balaban J connectivity index is 1.39. The van der Waals surface area contributed by atoms with Crippen LogP contribution in [0.2, 0.25) is 0 Å². The molecule has 1 unspecified atom stereocenters. The third kappa shape index (κ3) is 3.90. The molecule has 0 aromatic rings. The van der Waals surface area contributed by atoms with Gasteiger partial charge in [0, 0.05) is 6.04 Å². The highest BCUT2D eigenvalue weighted by Gasteiger charge is 2.19. The predicted octanol–water partition coefficient (Wildman–Crippen LogP) is 2.66. The highest BCUT2D eigenvalue weighted by Crippen LogP contribution is 2.27. The number of unbranched alkanes of at least 4 members (excludes halogenated alkanes) is 1. The van der Waals surface area contributed by atoms with E-state index in [9.17, 15) is 0 Å². The van der Waals surface area contributed by atoms with E-state index in [1.54, 1.807) is 0 Å². The molecular formula is C11H21NS. The topological polar surface area (TPSA) is 12.0 Å². The molecule has 1 aliphatic heterocycles.